The Kier molecular flexibility index (Phi) is 145. The number of carbonyl (C=O) groups is 3. The second-order valence-electron chi connectivity index (χ2n) is 4.91. The van der Waals surface area contributed by atoms with Crippen molar-refractivity contribution >= 4 is 116 Å². The maximum absolute atomic E-state index is 11.2. The van der Waals surface area contributed by atoms with Gasteiger partial charge in [0, 0.05) is 56.5 Å². The zero-order chi connectivity index (χ0) is 20.3. The Bertz CT molecular complexity index is 326. The van der Waals surface area contributed by atoms with E-state index in [1.165, 1.54) is 0 Å². The molecule has 0 saturated carbocycles. The summed E-state index contributed by atoms with van der Waals surface area (Å²) in [5, 5.41) is 0. The summed E-state index contributed by atoms with van der Waals surface area (Å²) in [6, 6.07) is 0. The molecule has 0 atom stereocenters. The van der Waals surface area contributed by atoms with Gasteiger partial charge in [-0.2, -0.15) is 0 Å². The minimum absolute atomic E-state index is 0. The molecule has 35 heavy (non-hydrogen) atoms. The summed E-state index contributed by atoms with van der Waals surface area (Å²) in [5.74, 6) is -1.04. The van der Waals surface area contributed by atoms with Crippen molar-refractivity contribution in [1.29, 1.82) is 0 Å². The van der Waals surface area contributed by atoms with E-state index in [4.69, 9.17) is 14.2 Å². The summed E-state index contributed by atoms with van der Waals surface area (Å²) in [7, 11) is 0. The topological polar surface area (TPSA) is 78.9 Å². The zero-order valence-corrected chi connectivity index (χ0v) is 28.1. The predicted octanol–water partition coefficient (Wildman–Crippen LogP) is 8.74. The standard InChI is InChI=1S/C14H24O6.9CH4.I3.I2.HI/c1-5-11(15)18-8-14(4,9-19-12(16)6-2)10-20-13(17)7-3;;;;;;;;;;1-3-2;1-2;/h5-10H2,1-4H3;9*1H4;;;1H/q;;;;;;;;;;-1;;. The first-order chi connectivity index (χ1) is 11.8. The average Bonchev–Trinajstić information content (AvgIpc) is 2.64. The van der Waals surface area contributed by atoms with Gasteiger partial charge in [0.2, 0.25) is 0 Å². The molecule has 0 bridgehead atoms. The van der Waals surface area contributed by atoms with Crippen LogP contribution in [0.25, 0.3) is 0 Å². The van der Waals surface area contributed by atoms with E-state index in [1.807, 2.05) is 0 Å². The molecule has 0 unspecified atom stereocenters. The Morgan fingerprint density at radius 3 is 0.857 bits per heavy atom. The normalized spacial score (nSPS) is 6.97. The average molecular weight is 1200 g/mol. The molecular formula is C23H61I6O6-. The van der Waals surface area contributed by atoms with Gasteiger partial charge in [0.25, 0.3) is 0 Å². The summed E-state index contributed by atoms with van der Waals surface area (Å²) in [6.07, 6.45) is 0.790. The van der Waals surface area contributed by atoms with Gasteiger partial charge < -0.3 is 14.2 Å². The van der Waals surface area contributed by atoms with E-state index in [-0.39, 0.29) is 148 Å². The number of hydrogen-bond donors (Lipinski definition) is 0. The van der Waals surface area contributed by atoms with Crippen LogP contribution in [0.3, 0.4) is 0 Å². The Labute approximate surface area is 292 Å². The van der Waals surface area contributed by atoms with E-state index in [9.17, 15) is 14.4 Å². The summed E-state index contributed by atoms with van der Waals surface area (Å²) < 4.78 is 15.2. The fraction of sp³-hybridized carbons (Fsp3) is 0.870. The van der Waals surface area contributed by atoms with Gasteiger partial charge in [-0.15, -0.1) is 24.0 Å². The van der Waals surface area contributed by atoms with Crippen LogP contribution in [0.5, 0.6) is 0 Å². The molecule has 0 N–H and O–H groups in total. The molecule has 12 heteroatoms. The van der Waals surface area contributed by atoms with Gasteiger partial charge in [-0.25, -0.2) is 0 Å². The number of hydrogen-bond acceptors (Lipinski definition) is 6. The molecule has 0 heterocycles. The first kappa shape index (κ1) is 83.2. The van der Waals surface area contributed by atoms with Crippen molar-refractivity contribution in [2.24, 2.45) is 5.41 Å². The van der Waals surface area contributed by atoms with E-state index >= 15 is 0 Å². The van der Waals surface area contributed by atoms with Gasteiger partial charge in [0.05, 0.1) is 5.41 Å². The second-order valence-corrected chi connectivity index (χ2v) is 21.2. The summed E-state index contributed by atoms with van der Waals surface area (Å²) in [5.41, 5.74) is -0.736. The van der Waals surface area contributed by atoms with E-state index in [1.54, 1.807) is 27.7 Å². The third kappa shape index (κ3) is 62.0. The Morgan fingerprint density at radius 2 is 0.743 bits per heavy atom. The first-order valence-electron chi connectivity index (χ1n) is 7.26. The van der Waals surface area contributed by atoms with Crippen molar-refractivity contribution < 1.29 is 41.8 Å². The van der Waals surface area contributed by atoms with Crippen molar-refractivity contribution in [2.75, 3.05) is 19.8 Å². The molecular weight excluding hydrogens is 1130 g/mol. The summed E-state index contributed by atoms with van der Waals surface area (Å²) in [4.78, 5) is 33.6. The van der Waals surface area contributed by atoms with Crippen molar-refractivity contribution in [3.05, 3.63) is 0 Å². The van der Waals surface area contributed by atoms with Crippen LogP contribution in [0.2, 0.25) is 0 Å². The van der Waals surface area contributed by atoms with Crippen LogP contribution >= 0.6 is 98.4 Å². The van der Waals surface area contributed by atoms with Gasteiger partial charge >= 0.3 is 68.4 Å². The van der Waals surface area contributed by atoms with Crippen LogP contribution in [-0.2, 0) is 28.6 Å². The second kappa shape index (κ2) is 61.0. The molecule has 0 saturated heterocycles. The van der Waals surface area contributed by atoms with Crippen LogP contribution in [0.15, 0.2) is 0 Å². The van der Waals surface area contributed by atoms with E-state index in [2.05, 4.69) is 74.5 Å². The fourth-order valence-electron chi connectivity index (χ4n) is 1.20. The quantitative estimate of drug-likeness (QED) is 0.131. The third-order valence-corrected chi connectivity index (χ3v) is 2.61. The van der Waals surface area contributed by atoms with Crippen LogP contribution in [0.4, 0.5) is 0 Å². The SMILES string of the molecule is C.C.C.C.C.C.C.C.C.CCC(=O)OCC(C)(COC(=O)CC)COC(=O)CC.I.II.I[I-]I. The van der Waals surface area contributed by atoms with Crippen molar-refractivity contribution in [3.63, 3.8) is 0 Å². The number of halogens is 6. The first-order valence-corrected chi connectivity index (χ1v) is 26.1. The molecule has 0 aromatic heterocycles. The molecule has 0 rings (SSSR count). The number of carbonyl (C=O) groups excluding carboxylic acids is 3. The van der Waals surface area contributed by atoms with Crippen LogP contribution < -0.4 is 13.3 Å². The van der Waals surface area contributed by atoms with E-state index < -0.39 is 5.41 Å². The van der Waals surface area contributed by atoms with Crippen LogP contribution in [-0.4, -0.2) is 37.7 Å². The molecule has 0 amide bonds. The van der Waals surface area contributed by atoms with E-state index in [0.29, 0.717) is 13.3 Å². The Balaban J connectivity index is -0.0000000272. The monoisotopic (exact) mass is 1190 g/mol. The molecule has 232 valence electrons. The molecule has 0 aliphatic rings. The third-order valence-electron chi connectivity index (χ3n) is 2.61. The van der Waals surface area contributed by atoms with Gasteiger partial charge in [0.1, 0.15) is 19.8 Å². The van der Waals surface area contributed by atoms with Gasteiger partial charge in [-0.3, -0.25) is 14.4 Å². The molecule has 0 spiro atoms. The van der Waals surface area contributed by atoms with Crippen LogP contribution in [0.1, 0.15) is 114 Å². The molecule has 0 fully saturated rings. The van der Waals surface area contributed by atoms with Gasteiger partial charge in [0.15, 0.2) is 0 Å². The van der Waals surface area contributed by atoms with E-state index in [0.717, 1.165) is 0 Å². The zero-order valence-electron chi connectivity index (χ0n) is 15.0. The molecule has 0 aliphatic heterocycles. The van der Waals surface area contributed by atoms with Crippen molar-refractivity contribution in [3.8, 4) is 0 Å². The van der Waals surface area contributed by atoms with Gasteiger partial charge in [-0.1, -0.05) is 87.6 Å². The summed E-state index contributed by atoms with van der Waals surface area (Å²) in [6.45, 7) is 6.91. The molecule has 6 nitrogen and oxygen atoms in total. The number of rotatable bonds is 9. The fourth-order valence-corrected chi connectivity index (χ4v) is 1.20. The molecule has 0 aromatic carbocycles. The van der Waals surface area contributed by atoms with Gasteiger partial charge in [-0.05, 0) is 6.92 Å². The maximum atomic E-state index is 11.2. The molecule has 0 aliphatic carbocycles. The number of esters is 3. The summed E-state index contributed by atoms with van der Waals surface area (Å²) >= 11 is 9.54. The van der Waals surface area contributed by atoms with Crippen molar-refractivity contribution in [2.45, 2.75) is 114 Å². The molecule has 0 aromatic rings. The Hall–Kier alpha value is 2.79. The number of ether oxygens (including phenoxy) is 3. The van der Waals surface area contributed by atoms with Crippen LogP contribution in [0, 0.1) is 5.41 Å². The van der Waals surface area contributed by atoms with Crippen molar-refractivity contribution in [1.82, 2.24) is 0 Å². The Morgan fingerprint density at radius 1 is 0.600 bits per heavy atom. The molecule has 0 radical (unpaired) electrons. The minimum atomic E-state index is -0.736. The predicted molar refractivity (Wildman–Crippen MR) is 204 cm³/mol.